The van der Waals surface area contributed by atoms with E-state index in [1.807, 2.05) is 11.0 Å². The number of hydrogen-bond donors (Lipinski definition) is 0. The zero-order valence-electron chi connectivity index (χ0n) is 12.2. The van der Waals surface area contributed by atoms with Crippen molar-refractivity contribution in [3.63, 3.8) is 0 Å². The molecule has 1 aromatic rings. The van der Waals surface area contributed by atoms with Gasteiger partial charge < -0.3 is 4.90 Å². The zero-order valence-corrected chi connectivity index (χ0v) is 14.6. The predicted octanol–water partition coefficient (Wildman–Crippen LogP) is 5.00. The summed E-state index contributed by atoms with van der Waals surface area (Å²) in [7, 11) is 0. The third-order valence-corrected chi connectivity index (χ3v) is 4.99. The minimum atomic E-state index is 0.0451. The smallest absolute Gasteiger partial charge is 0.255 e. The van der Waals surface area contributed by atoms with E-state index in [1.165, 1.54) is 0 Å². The number of nitrogens with zero attached hydrogens (tertiary/aromatic N) is 1. The number of likely N-dealkylation sites (tertiary alicyclic amines) is 1. The molecule has 0 aliphatic carbocycles. The highest BCUT2D eigenvalue weighted by atomic mass is 79.9. The van der Waals surface area contributed by atoms with E-state index in [9.17, 15) is 4.79 Å². The Balaban J connectivity index is 2.07. The molecular weight excluding hydrogens is 338 g/mol. The topological polar surface area (TPSA) is 20.3 Å². The Morgan fingerprint density at radius 3 is 2.45 bits per heavy atom. The second-order valence-corrected chi connectivity index (χ2v) is 7.88. The van der Waals surface area contributed by atoms with Crippen LogP contribution in [0.2, 0.25) is 5.02 Å². The maximum Gasteiger partial charge on any atom is 0.255 e. The monoisotopic (exact) mass is 357 g/mol. The Hall–Kier alpha value is -0.540. The van der Waals surface area contributed by atoms with E-state index in [-0.39, 0.29) is 5.91 Å². The molecule has 2 rings (SSSR count). The second kappa shape index (κ2) is 6.07. The Morgan fingerprint density at radius 2 is 1.90 bits per heavy atom. The summed E-state index contributed by atoms with van der Waals surface area (Å²) >= 11 is 9.54. The summed E-state index contributed by atoms with van der Waals surface area (Å²) in [5.74, 6) is 0.730. The van der Waals surface area contributed by atoms with Gasteiger partial charge in [0.1, 0.15) is 0 Å². The van der Waals surface area contributed by atoms with Crippen molar-refractivity contribution in [3.8, 4) is 0 Å². The first-order chi connectivity index (χ1) is 9.29. The molecule has 1 aliphatic heterocycles. The normalized spacial score (nSPS) is 17.4. The van der Waals surface area contributed by atoms with Crippen LogP contribution in [0.1, 0.15) is 44.0 Å². The van der Waals surface area contributed by atoms with Gasteiger partial charge in [-0.25, -0.2) is 0 Å². The maximum absolute atomic E-state index is 12.5. The Labute approximate surface area is 134 Å². The molecule has 0 saturated carbocycles. The Kier molecular flexibility index (Phi) is 4.80. The van der Waals surface area contributed by atoms with Crippen molar-refractivity contribution < 1.29 is 4.79 Å². The van der Waals surface area contributed by atoms with Crippen molar-refractivity contribution in [2.24, 2.45) is 11.3 Å². The van der Waals surface area contributed by atoms with Gasteiger partial charge in [0, 0.05) is 17.6 Å². The summed E-state index contributed by atoms with van der Waals surface area (Å²) in [6.45, 7) is 8.48. The molecule has 1 heterocycles. The highest BCUT2D eigenvalue weighted by molar-refractivity contribution is 9.10. The fourth-order valence-electron chi connectivity index (χ4n) is 2.78. The average Bonchev–Trinajstić information content (AvgIpc) is 2.40. The zero-order chi connectivity index (χ0) is 14.9. The molecule has 1 saturated heterocycles. The molecule has 1 fully saturated rings. The van der Waals surface area contributed by atoms with Gasteiger partial charge in [-0.15, -0.1) is 0 Å². The summed E-state index contributed by atoms with van der Waals surface area (Å²) in [6, 6.07) is 5.42. The fourth-order valence-corrected chi connectivity index (χ4v) is 3.34. The number of piperidine rings is 1. The van der Waals surface area contributed by atoms with Crippen LogP contribution in [0.15, 0.2) is 22.7 Å². The molecule has 0 atom stereocenters. The van der Waals surface area contributed by atoms with Crippen LogP contribution in [0.3, 0.4) is 0 Å². The molecule has 1 amide bonds. The van der Waals surface area contributed by atoms with Crippen LogP contribution in [0.25, 0.3) is 0 Å². The standard InChI is InChI=1S/C16H21BrClNO/c1-16(2,3)11-6-8-19(9-7-11)15(20)13-10-12(17)4-5-14(13)18/h4-5,10-11H,6-9H2,1-3H3. The first kappa shape index (κ1) is 15.8. The van der Waals surface area contributed by atoms with E-state index in [0.29, 0.717) is 21.9 Å². The Bertz CT molecular complexity index is 502. The van der Waals surface area contributed by atoms with Crippen molar-refractivity contribution >= 4 is 33.4 Å². The van der Waals surface area contributed by atoms with Gasteiger partial charge in [-0.1, -0.05) is 48.3 Å². The van der Waals surface area contributed by atoms with E-state index < -0.39 is 0 Å². The van der Waals surface area contributed by atoms with Crippen LogP contribution < -0.4 is 0 Å². The summed E-state index contributed by atoms with van der Waals surface area (Å²) in [5, 5.41) is 0.524. The lowest BCUT2D eigenvalue weighted by atomic mass is 9.75. The molecule has 0 radical (unpaired) electrons. The largest absolute Gasteiger partial charge is 0.339 e. The van der Waals surface area contributed by atoms with E-state index in [4.69, 9.17) is 11.6 Å². The van der Waals surface area contributed by atoms with Crippen molar-refractivity contribution in [1.29, 1.82) is 0 Å². The van der Waals surface area contributed by atoms with Gasteiger partial charge in [0.05, 0.1) is 10.6 Å². The summed E-state index contributed by atoms with van der Waals surface area (Å²) in [5.41, 5.74) is 0.915. The number of carbonyl (C=O) groups is 1. The van der Waals surface area contributed by atoms with Gasteiger partial charge in [0.15, 0.2) is 0 Å². The van der Waals surface area contributed by atoms with Crippen molar-refractivity contribution in [2.45, 2.75) is 33.6 Å². The molecule has 110 valence electrons. The van der Waals surface area contributed by atoms with E-state index >= 15 is 0 Å². The minimum Gasteiger partial charge on any atom is -0.339 e. The van der Waals surface area contributed by atoms with Crippen LogP contribution >= 0.6 is 27.5 Å². The van der Waals surface area contributed by atoms with Gasteiger partial charge in [-0.05, 0) is 42.4 Å². The quantitative estimate of drug-likeness (QED) is 0.691. The number of carbonyl (C=O) groups excluding carboxylic acids is 1. The average molecular weight is 359 g/mol. The third kappa shape index (κ3) is 3.56. The molecule has 0 aromatic heterocycles. The molecule has 1 aliphatic rings. The molecular formula is C16H21BrClNO. The number of hydrogen-bond acceptors (Lipinski definition) is 1. The molecule has 0 unspecified atom stereocenters. The molecule has 0 N–H and O–H groups in total. The van der Waals surface area contributed by atoms with Gasteiger partial charge in [-0.2, -0.15) is 0 Å². The summed E-state index contributed by atoms with van der Waals surface area (Å²) < 4.78 is 0.884. The minimum absolute atomic E-state index is 0.0451. The van der Waals surface area contributed by atoms with Gasteiger partial charge in [0.2, 0.25) is 0 Å². The van der Waals surface area contributed by atoms with E-state index in [0.717, 1.165) is 30.4 Å². The molecule has 1 aromatic carbocycles. The fraction of sp³-hybridized carbons (Fsp3) is 0.562. The Morgan fingerprint density at radius 1 is 1.30 bits per heavy atom. The lowest BCUT2D eigenvalue weighted by Crippen LogP contribution is -2.41. The van der Waals surface area contributed by atoms with Gasteiger partial charge in [0.25, 0.3) is 5.91 Å². The highest BCUT2D eigenvalue weighted by Gasteiger charge is 2.31. The van der Waals surface area contributed by atoms with Crippen LogP contribution in [0, 0.1) is 11.3 Å². The van der Waals surface area contributed by atoms with Crippen LogP contribution in [-0.4, -0.2) is 23.9 Å². The van der Waals surface area contributed by atoms with Gasteiger partial charge in [-0.3, -0.25) is 4.79 Å². The van der Waals surface area contributed by atoms with Crippen LogP contribution in [0.4, 0.5) is 0 Å². The SMILES string of the molecule is CC(C)(C)C1CCN(C(=O)c2cc(Br)ccc2Cl)CC1. The number of amides is 1. The van der Waals surface area contributed by atoms with Crippen LogP contribution in [-0.2, 0) is 0 Å². The first-order valence-corrected chi connectivity index (χ1v) is 8.20. The summed E-state index contributed by atoms with van der Waals surface area (Å²) in [6.07, 6.45) is 2.14. The lowest BCUT2D eigenvalue weighted by molar-refractivity contribution is 0.0609. The van der Waals surface area contributed by atoms with Crippen molar-refractivity contribution in [1.82, 2.24) is 4.90 Å². The molecule has 2 nitrogen and oxygen atoms in total. The van der Waals surface area contributed by atoms with Crippen LogP contribution in [0.5, 0.6) is 0 Å². The first-order valence-electron chi connectivity index (χ1n) is 7.03. The molecule has 20 heavy (non-hydrogen) atoms. The third-order valence-electron chi connectivity index (χ3n) is 4.17. The van der Waals surface area contributed by atoms with Gasteiger partial charge >= 0.3 is 0 Å². The van der Waals surface area contributed by atoms with E-state index in [1.54, 1.807) is 12.1 Å². The number of rotatable bonds is 1. The molecule has 4 heteroatoms. The van der Waals surface area contributed by atoms with Crippen molar-refractivity contribution in [3.05, 3.63) is 33.3 Å². The second-order valence-electron chi connectivity index (χ2n) is 6.56. The summed E-state index contributed by atoms with van der Waals surface area (Å²) in [4.78, 5) is 14.5. The van der Waals surface area contributed by atoms with Crippen molar-refractivity contribution in [2.75, 3.05) is 13.1 Å². The highest BCUT2D eigenvalue weighted by Crippen LogP contribution is 2.35. The maximum atomic E-state index is 12.5. The number of halogens is 2. The van der Waals surface area contributed by atoms with E-state index in [2.05, 4.69) is 36.7 Å². The predicted molar refractivity (Wildman–Crippen MR) is 87.2 cm³/mol. The molecule has 0 bridgehead atoms. The molecule has 0 spiro atoms. The number of benzene rings is 1. The lowest BCUT2D eigenvalue weighted by Gasteiger charge is -2.38.